The second kappa shape index (κ2) is 10.8. The van der Waals surface area contributed by atoms with Gasteiger partial charge in [0.1, 0.15) is 11.3 Å². The summed E-state index contributed by atoms with van der Waals surface area (Å²) >= 11 is 0. The van der Waals surface area contributed by atoms with Gasteiger partial charge in [-0.05, 0) is 90.8 Å². The van der Waals surface area contributed by atoms with Crippen LogP contribution >= 0.6 is 0 Å². The molecule has 0 radical (unpaired) electrons. The van der Waals surface area contributed by atoms with Crippen LogP contribution in [0.4, 0.5) is 5.69 Å². The maximum absolute atomic E-state index is 12.2. The van der Waals surface area contributed by atoms with Crippen LogP contribution in [-0.2, 0) is 33.7 Å². The molecule has 0 saturated heterocycles. The summed E-state index contributed by atoms with van der Waals surface area (Å²) in [6, 6.07) is 18.8. The number of methoxy groups -OCH3 is 1. The van der Waals surface area contributed by atoms with Crippen molar-refractivity contribution in [3.05, 3.63) is 82.4 Å². The Morgan fingerprint density at radius 2 is 1.71 bits per heavy atom. The molecule has 6 heteroatoms. The lowest BCUT2D eigenvalue weighted by Gasteiger charge is -2.45. The fourth-order valence-electron chi connectivity index (χ4n) is 5.79. The summed E-state index contributed by atoms with van der Waals surface area (Å²) in [7, 11) is 1.69. The predicted octanol–water partition coefficient (Wildman–Crippen LogP) is 6.10. The van der Waals surface area contributed by atoms with Crippen LogP contribution in [0.25, 0.3) is 11.1 Å². The van der Waals surface area contributed by atoms with Gasteiger partial charge < -0.3 is 24.6 Å². The number of fused-ring (bicyclic) bond motifs is 1. The number of carboxylic acid groups (broad SMARTS) is 1. The molecule has 0 aliphatic heterocycles. The fraction of sp³-hybridized carbons (Fsp3) is 0.406. The molecule has 5 rings (SSSR count). The van der Waals surface area contributed by atoms with Crippen molar-refractivity contribution in [1.82, 2.24) is 0 Å². The normalized spacial score (nSPS) is 20.6. The molecular formula is C32H37NO5. The van der Waals surface area contributed by atoms with E-state index in [4.69, 9.17) is 14.2 Å². The Kier molecular flexibility index (Phi) is 7.46. The summed E-state index contributed by atoms with van der Waals surface area (Å²) in [6.45, 7) is 7.10. The Morgan fingerprint density at radius 1 is 1.00 bits per heavy atom. The molecule has 2 N–H and O–H groups in total. The third-order valence-electron chi connectivity index (χ3n) is 8.09. The third-order valence-corrected chi connectivity index (χ3v) is 8.09. The van der Waals surface area contributed by atoms with Crippen LogP contribution in [0.15, 0.2) is 54.6 Å². The van der Waals surface area contributed by atoms with Gasteiger partial charge in [0.25, 0.3) is 0 Å². The molecule has 0 amide bonds. The van der Waals surface area contributed by atoms with E-state index >= 15 is 0 Å². The molecule has 3 aromatic rings. The Labute approximate surface area is 224 Å². The molecule has 200 valence electrons. The zero-order valence-electron chi connectivity index (χ0n) is 22.7. The number of aryl methyl sites for hydroxylation is 1. The molecule has 1 saturated carbocycles. The molecule has 38 heavy (non-hydrogen) atoms. The maximum atomic E-state index is 12.2. The molecule has 2 aliphatic carbocycles. The highest BCUT2D eigenvalue weighted by Crippen LogP contribution is 2.40. The number of ether oxygens (including phenoxy) is 3. The molecule has 0 unspecified atom stereocenters. The summed E-state index contributed by atoms with van der Waals surface area (Å²) < 4.78 is 17.8. The van der Waals surface area contributed by atoms with Crippen LogP contribution in [0, 0.1) is 13.8 Å². The van der Waals surface area contributed by atoms with Crippen molar-refractivity contribution in [1.29, 1.82) is 0 Å². The number of aliphatic carboxylic acids is 1. The molecule has 2 aliphatic rings. The average molecular weight is 516 g/mol. The topological polar surface area (TPSA) is 77.0 Å². The summed E-state index contributed by atoms with van der Waals surface area (Å²) in [5, 5.41) is 13.3. The largest absolute Gasteiger partial charge is 0.496 e. The standard InChI is InChI=1S/C32H37NO5/c1-5-37-28-17-32(18-28,31(34)35)33-26-10-11-29(24-12-20(2)21(3)30(16-24)36-4)25(13-26)19-38-27-14-22-8-6-7-9-23(22)15-27/h6-13,16,27-28,33H,5,14-15,17-19H2,1-4H3,(H,34,35). The van der Waals surface area contributed by atoms with E-state index in [0.717, 1.165) is 52.1 Å². The highest BCUT2D eigenvalue weighted by atomic mass is 16.5. The molecule has 0 heterocycles. The predicted molar refractivity (Wildman–Crippen MR) is 149 cm³/mol. The van der Waals surface area contributed by atoms with E-state index in [0.29, 0.717) is 26.1 Å². The summed E-state index contributed by atoms with van der Waals surface area (Å²) in [5.41, 5.74) is 7.85. The van der Waals surface area contributed by atoms with Gasteiger partial charge in [-0.2, -0.15) is 0 Å². The minimum Gasteiger partial charge on any atom is -0.496 e. The van der Waals surface area contributed by atoms with Gasteiger partial charge in [0.05, 0.1) is 25.9 Å². The van der Waals surface area contributed by atoms with Crippen molar-refractivity contribution < 1.29 is 24.1 Å². The van der Waals surface area contributed by atoms with Crippen molar-refractivity contribution in [2.45, 2.75) is 70.8 Å². The SMILES string of the molecule is CCOC1CC(Nc2ccc(-c3cc(C)c(C)c(OC)c3)c(COC3Cc4ccccc4C3)c2)(C(=O)O)C1. The molecule has 0 atom stereocenters. The Balaban J connectivity index is 1.43. The van der Waals surface area contributed by atoms with Crippen molar-refractivity contribution in [3.8, 4) is 16.9 Å². The smallest absolute Gasteiger partial charge is 0.329 e. The highest BCUT2D eigenvalue weighted by molar-refractivity contribution is 5.85. The highest BCUT2D eigenvalue weighted by Gasteiger charge is 2.51. The van der Waals surface area contributed by atoms with Crippen LogP contribution in [-0.4, -0.2) is 42.5 Å². The third kappa shape index (κ3) is 5.16. The number of hydrogen-bond acceptors (Lipinski definition) is 5. The van der Waals surface area contributed by atoms with Gasteiger partial charge in [0, 0.05) is 25.1 Å². The first kappa shape index (κ1) is 26.3. The number of benzene rings is 3. The minimum atomic E-state index is -1.02. The van der Waals surface area contributed by atoms with Crippen molar-refractivity contribution in [2.24, 2.45) is 0 Å². The van der Waals surface area contributed by atoms with Crippen molar-refractivity contribution in [2.75, 3.05) is 19.0 Å². The fourth-order valence-corrected chi connectivity index (χ4v) is 5.79. The Bertz CT molecular complexity index is 1300. The van der Waals surface area contributed by atoms with E-state index in [2.05, 4.69) is 61.6 Å². The van der Waals surface area contributed by atoms with E-state index < -0.39 is 11.5 Å². The second-order valence-electron chi connectivity index (χ2n) is 10.6. The quantitative estimate of drug-likeness (QED) is 0.340. The minimum absolute atomic E-state index is 0.0299. The van der Waals surface area contributed by atoms with Crippen molar-refractivity contribution in [3.63, 3.8) is 0 Å². The van der Waals surface area contributed by atoms with Crippen LogP contribution in [0.5, 0.6) is 5.75 Å². The molecule has 0 spiro atoms. The monoisotopic (exact) mass is 515 g/mol. The first-order valence-electron chi connectivity index (χ1n) is 13.4. The molecular weight excluding hydrogens is 478 g/mol. The second-order valence-corrected chi connectivity index (χ2v) is 10.6. The molecule has 1 fully saturated rings. The summed E-state index contributed by atoms with van der Waals surface area (Å²) in [4.78, 5) is 12.2. The van der Waals surface area contributed by atoms with E-state index in [1.54, 1.807) is 7.11 Å². The number of hydrogen-bond donors (Lipinski definition) is 2. The van der Waals surface area contributed by atoms with Crippen LogP contribution in [0.1, 0.15) is 47.6 Å². The molecule has 0 bridgehead atoms. The van der Waals surface area contributed by atoms with Gasteiger partial charge in [0.2, 0.25) is 0 Å². The maximum Gasteiger partial charge on any atom is 0.329 e. The van der Waals surface area contributed by atoms with Crippen LogP contribution < -0.4 is 10.1 Å². The van der Waals surface area contributed by atoms with Gasteiger partial charge in [0.15, 0.2) is 0 Å². The van der Waals surface area contributed by atoms with E-state index in [-0.39, 0.29) is 12.2 Å². The van der Waals surface area contributed by atoms with Gasteiger partial charge in [-0.25, -0.2) is 4.79 Å². The van der Waals surface area contributed by atoms with E-state index in [9.17, 15) is 9.90 Å². The number of carbonyl (C=O) groups is 1. The van der Waals surface area contributed by atoms with Crippen molar-refractivity contribution >= 4 is 11.7 Å². The van der Waals surface area contributed by atoms with Gasteiger partial charge in [-0.15, -0.1) is 0 Å². The summed E-state index contributed by atoms with van der Waals surface area (Å²) in [6.07, 6.45) is 2.79. The molecule has 6 nitrogen and oxygen atoms in total. The Hall–Kier alpha value is -3.35. The van der Waals surface area contributed by atoms with Gasteiger partial charge in [-0.3, -0.25) is 0 Å². The van der Waals surface area contributed by atoms with Crippen LogP contribution in [0.3, 0.4) is 0 Å². The first-order valence-corrected chi connectivity index (χ1v) is 13.4. The number of anilines is 1. The van der Waals surface area contributed by atoms with Crippen LogP contribution in [0.2, 0.25) is 0 Å². The van der Waals surface area contributed by atoms with Gasteiger partial charge in [-0.1, -0.05) is 36.4 Å². The zero-order chi connectivity index (χ0) is 26.9. The zero-order valence-corrected chi connectivity index (χ0v) is 22.7. The number of carboxylic acids is 1. The lowest BCUT2D eigenvalue weighted by Crippen LogP contribution is -2.59. The number of rotatable bonds is 10. The lowest BCUT2D eigenvalue weighted by molar-refractivity contribution is -0.152. The number of nitrogens with one attached hydrogen (secondary N) is 1. The summed E-state index contributed by atoms with van der Waals surface area (Å²) in [5.74, 6) is -0.000443. The molecule has 0 aromatic heterocycles. The van der Waals surface area contributed by atoms with E-state index in [1.165, 1.54) is 11.1 Å². The lowest BCUT2D eigenvalue weighted by atomic mass is 9.74. The van der Waals surface area contributed by atoms with E-state index in [1.807, 2.05) is 19.1 Å². The Morgan fingerprint density at radius 3 is 2.34 bits per heavy atom. The first-order chi connectivity index (χ1) is 18.3. The van der Waals surface area contributed by atoms with Gasteiger partial charge >= 0.3 is 5.97 Å². The average Bonchev–Trinajstić information content (AvgIpc) is 3.30. The molecule has 3 aromatic carbocycles.